The molecule has 10 heavy (non-hydrogen) atoms. The molecule has 1 fully saturated rings. The summed E-state index contributed by atoms with van der Waals surface area (Å²) in [5.74, 6) is -0.985. The molecule has 3 heteroatoms. The van der Waals surface area contributed by atoms with Crippen molar-refractivity contribution in [2.24, 2.45) is 5.41 Å². The van der Waals surface area contributed by atoms with Crippen LogP contribution in [-0.2, 0) is 4.79 Å². The average molecular weight is 137 g/mol. The summed E-state index contributed by atoms with van der Waals surface area (Å²) in [6.07, 6.45) is 4.10. The molecular weight excluding hydrogens is 130 g/mol. The summed E-state index contributed by atoms with van der Waals surface area (Å²) >= 11 is 0. The van der Waals surface area contributed by atoms with Crippen LogP contribution in [0.4, 0.5) is 0 Å². The molecule has 52 valence electrons. The summed E-state index contributed by atoms with van der Waals surface area (Å²) in [6.45, 7) is 0. The van der Waals surface area contributed by atoms with Gasteiger partial charge in [0.25, 0.3) is 0 Å². The van der Waals surface area contributed by atoms with Gasteiger partial charge in [-0.2, -0.15) is 5.26 Å². The van der Waals surface area contributed by atoms with E-state index in [1.54, 1.807) is 0 Å². The van der Waals surface area contributed by atoms with Crippen molar-refractivity contribution in [1.82, 2.24) is 0 Å². The fourth-order valence-corrected chi connectivity index (χ4v) is 0.681. The molecule has 0 aromatic carbocycles. The zero-order valence-electron chi connectivity index (χ0n) is 5.37. The van der Waals surface area contributed by atoms with E-state index in [0.29, 0.717) is 0 Å². The highest BCUT2D eigenvalue weighted by Crippen LogP contribution is 2.46. The van der Waals surface area contributed by atoms with Crippen LogP contribution in [0.25, 0.3) is 0 Å². The molecule has 0 saturated heterocycles. The molecule has 0 radical (unpaired) electrons. The second kappa shape index (κ2) is 2.14. The molecule has 1 saturated carbocycles. The number of aliphatic carboxylic acids is 1. The van der Waals surface area contributed by atoms with Gasteiger partial charge < -0.3 is 5.11 Å². The molecule has 0 aromatic heterocycles. The van der Waals surface area contributed by atoms with Crippen LogP contribution in [-0.4, -0.2) is 11.1 Å². The maximum atomic E-state index is 9.99. The number of allylic oxidation sites excluding steroid dienone is 1. The molecular formula is C7H7NO2. The first-order valence-electron chi connectivity index (χ1n) is 3.02. The van der Waals surface area contributed by atoms with Crippen LogP contribution >= 0.6 is 0 Å². The van der Waals surface area contributed by atoms with Crippen molar-refractivity contribution >= 4 is 5.97 Å². The molecule has 1 aliphatic rings. The van der Waals surface area contributed by atoms with Gasteiger partial charge in [0, 0.05) is 6.08 Å². The fraction of sp³-hybridized carbons (Fsp3) is 0.429. The van der Waals surface area contributed by atoms with Crippen molar-refractivity contribution in [2.75, 3.05) is 0 Å². The van der Waals surface area contributed by atoms with E-state index in [-0.39, 0.29) is 0 Å². The monoisotopic (exact) mass is 137 g/mol. The highest BCUT2D eigenvalue weighted by Gasteiger charge is 2.40. The van der Waals surface area contributed by atoms with Gasteiger partial charge in [-0.25, -0.2) is 4.79 Å². The molecule has 0 spiro atoms. The smallest absolute Gasteiger partial charge is 0.328 e. The SMILES string of the molecule is N#CC1(/C=C/C(=O)O)CC1. The third-order valence-corrected chi connectivity index (χ3v) is 1.56. The van der Waals surface area contributed by atoms with E-state index >= 15 is 0 Å². The molecule has 0 amide bonds. The summed E-state index contributed by atoms with van der Waals surface area (Å²) in [4.78, 5) is 9.99. The Morgan fingerprint density at radius 2 is 2.30 bits per heavy atom. The van der Waals surface area contributed by atoms with Crippen LogP contribution in [0.3, 0.4) is 0 Å². The molecule has 0 heterocycles. The van der Waals surface area contributed by atoms with Gasteiger partial charge in [0.1, 0.15) is 0 Å². The van der Waals surface area contributed by atoms with Crippen molar-refractivity contribution < 1.29 is 9.90 Å². The lowest BCUT2D eigenvalue weighted by Crippen LogP contribution is -1.92. The van der Waals surface area contributed by atoms with Gasteiger partial charge in [0.15, 0.2) is 0 Å². The predicted molar refractivity (Wildman–Crippen MR) is 34.1 cm³/mol. The summed E-state index contributed by atoms with van der Waals surface area (Å²) in [7, 11) is 0. The molecule has 0 unspecified atom stereocenters. The summed E-state index contributed by atoms with van der Waals surface area (Å²) < 4.78 is 0. The van der Waals surface area contributed by atoms with Crippen LogP contribution in [0.1, 0.15) is 12.8 Å². The highest BCUT2D eigenvalue weighted by molar-refractivity contribution is 5.80. The van der Waals surface area contributed by atoms with Crippen molar-refractivity contribution in [3.63, 3.8) is 0 Å². The first kappa shape index (κ1) is 6.81. The molecule has 1 rings (SSSR count). The Kier molecular flexibility index (Phi) is 1.46. The molecule has 1 N–H and O–H groups in total. The van der Waals surface area contributed by atoms with Crippen LogP contribution in [0.5, 0.6) is 0 Å². The molecule has 0 aliphatic heterocycles. The maximum absolute atomic E-state index is 9.99. The van der Waals surface area contributed by atoms with Crippen molar-refractivity contribution in [3.05, 3.63) is 12.2 Å². The number of carboxylic acids is 1. The van der Waals surface area contributed by atoms with E-state index in [1.165, 1.54) is 6.08 Å². The summed E-state index contributed by atoms with van der Waals surface area (Å²) in [5, 5.41) is 16.7. The average Bonchev–Trinajstić information content (AvgIpc) is 2.64. The van der Waals surface area contributed by atoms with Crippen molar-refractivity contribution in [1.29, 1.82) is 5.26 Å². The van der Waals surface area contributed by atoms with Gasteiger partial charge in [-0.15, -0.1) is 0 Å². The number of hydrogen-bond acceptors (Lipinski definition) is 2. The van der Waals surface area contributed by atoms with Gasteiger partial charge >= 0.3 is 5.97 Å². The molecule has 0 bridgehead atoms. The fourth-order valence-electron chi connectivity index (χ4n) is 0.681. The van der Waals surface area contributed by atoms with Gasteiger partial charge in [-0.1, -0.05) is 6.08 Å². The summed E-state index contributed by atoms with van der Waals surface area (Å²) in [6, 6.07) is 2.06. The molecule has 0 atom stereocenters. The normalized spacial score (nSPS) is 20.3. The lowest BCUT2D eigenvalue weighted by Gasteiger charge is -1.90. The second-order valence-corrected chi connectivity index (χ2v) is 2.44. The minimum Gasteiger partial charge on any atom is -0.478 e. The molecule has 3 nitrogen and oxygen atoms in total. The Hall–Kier alpha value is -1.30. The molecule has 0 aromatic rings. The van der Waals surface area contributed by atoms with Crippen molar-refractivity contribution in [2.45, 2.75) is 12.8 Å². The Morgan fingerprint density at radius 1 is 1.70 bits per heavy atom. The third-order valence-electron chi connectivity index (χ3n) is 1.56. The lowest BCUT2D eigenvalue weighted by atomic mass is 10.1. The predicted octanol–water partition coefficient (Wildman–Crippen LogP) is 0.931. The van der Waals surface area contributed by atoms with E-state index in [2.05, 4.69) is 6.07 Å². The first-order chi connectivity index (χ1) is 4.68. The van der Waals surface area contributed by atoms with E-state index in [9.17, 15) is 4.79 Å². The Bertz CT molecular complexity index is 220. The number of nitriles is 1. The minimum atomic E-state index is -0.985. The lowest BCUT2D eigenvalue weighted by molar-refractivity contribution is -0.131. The van der Waals surface area contributed by atoms with E-state index in [0.717, 1.165) is 18.9 Å². The Morgan fingerprint density at radius 3 is 2.60 bits per heavy atom. The zero-order valence-corrected chi connectivity index (χ0v) is 5.37. The van der Waals surface area contributed by atoms with Crippen LogP contribution in [0.2, 0.25) is 0 Å². The van der Waals surface area contributed by atoms with Gasteiger partial charge in [-0.05, 0) is 12.8 Å². The quantitative estimate of drug-likeness (QED) is 0.576. The number of rotatable bonds is 2. The molecule has 1 aliphatic carbocycles. The first-order valence-corrected chi connectivity index (χ1v) is 3.02. The summed E-state index contributed by atoms with van der Waals surface area (Å²) in [5.41, 5.74) is -0.432. The van der Waals surface area contributed by atoms with Crippen LogP contribution < -0.4 is 0 Å². The van der Waals surface area contributed by atoms with E-state index in [4.69, 9.17) is 10.4 Å². The zero-order chi connectivity index (χ0) is 7.61. The number of nitrogens with zero attached hydrogens (tertiary/aromatic N) is 1. The standard InChI is InChI=1S/C7H7NO2/c8-5-7(3-4-7)2-1-6(9)10/h1-2H,3-4H2,(H,9,10)/b2-1+. The largest absolute Gasteiger partial charge is 0.478 e. The third kappa shape index (κ3) is 1.35. The minimum absolute atomic E-state index is 0.432. The van der Waals surface area contributed by atoms with E-state index in [1.807, 2.05) is 0 Å². The Balaban J connectivity index is 2.54. The van der Waals surface area contributed by atoms with Crippen LogP contribution in [0.15, 0.2) is 12.2 Å². The second-order valence-electron chi connectivity index (χ2n) is 2.44. The number of carbonyl (C=O) groups is 1. The number of hydrogen-bond donors (Lipinski definition) is 1. The Labute approximate surface area is 58.6 Å². The van der Waals surface area contributed by atoms with Gasteiger partial charge in [0.2, 0.25) is 0 Å². The topological polar surface area (TPSA) is 61.1 Å². The van der Waals surface area contributed by atoms with Gasteiger partial charge in [0.05, 0.1) is 11.5 Å². The van der Waals surface area contributed by atoms with Crippen LogP contribution in [0, 0.1) is 16.7 Å². The van der Waals surface area contributed by atoms with Gasteiger partial charge in [-0.3, -0.25) is 0 Å². The van der Waals surface area contributed by atoms with E-state index < -0.39 is 11.4 Å². The number of carboxylic acid groups (broad SMARTS) is 1. The highest BCUT2D eigenvalue weighted by atomic mass is 16.4. The van der Waals surface area contributed by atoms with Crippen molar-refractivity contribution in [3.8, 4) is 6.07 Å². The maximum Gasteiger partial charge on any atom is 0.328 e.